The van der Waals surface area contributed by atoms with Crippen molar-refractivity contribution in [2.24, 2.45) is 0 Å². The van der Waals surface area contributed by atoms with Gasteiger partial charge in [-0.25, -0.2) is 0 Å². The fourth-order valence-corrected chi connectivity index (χ4v) is 3.92. The van der Waals surface area contributed by atoms with E-state index in [-0.39, 0.29) is 5.97 Å². The van der Waals surface area contributed by atoms with Crippen LogP contribution in [0, 0.1) is 0 Å². The van der Waals surface area contributed by atoms with Crippen LogP contribution in [-0.2, 0) is 16.1 Å². The second-order valence-electron chi connectivity index (χ2n) is 7.37. The zero-order valence-corrected chi connectivity index (χ0v) is 16.4. The number of rotatable bonds is 7. The fraction of sp³-hybridized carbons (Fsp3) is 0.435. The first-order valence-corrected chi connectivity index (χ1v) is 9.81. The summed E-state index contributed by atoms with van der Waals surface area (Å²) in [6.07, 6.45) is 1.33. The molecule has 0 bridgehead atoms. The molecule has 27 heavy (non-hydrogen) atoms. The third-order valence-corrected chi connectivity index (χ3v) is 5.44. The molecule has 144 valence electrons. The smallest absolute Gasteiger partial charge is 0.305 e. The van der Waals surface area contributed by atoms with Crippen LogP contribution in [0.2, 0.25) is 0 Å². The summed E-state index contributed by atoms with van der Waals surface area (Å²) in [5, 5.41) is 0. The highest BCUT2D eigenvalue weighted by Gasteiger charge is 2.32. The third-order valence-electron chi connectivity index (χ3n) is 5.44. The molecule has 0 N–H and O–H groups in total. The summed E-state index contributed by atoms with van der Waals surface area (Å²) in [7, 11) is 1.46. The first kappa shape index (κ1) is 19.6. The Morgan fingerprint density at radius 3 is 2.33 bits per heavy atom. The van der Waals surface area contributed by atoms with Gasteiger partial charge in [-0.2, -0.15) is 0 Å². The maximum absolute atomic E-state index is 11.4. The van der Waals surface area contributed by atoms with Crippen molar-refractivity contribution in [2.45, 2.75) is 38.4 Å². The lowest BCUT2D eigenvalue weighted by Crippen LogP contribution is -2.53. The Morgan fingerprint density at radius 1 is 1.00 bits per heavy atom. The molecule has 0 unspecified atom stereocenters. The topological polar surface area (TPSA) is 32.8 Å². The summed E-state index contributed by atoms with van der Waals surface area (Å²) >= 11 is 0. The second kappa shape index (κ2) is 9.67. The SMILES string of the molecule is COC(=O)CCCN1C[C@H](c2ccccc2)N(Cc2ccccc2)C[C@H]1C. The largest absolute Gasteiger partial charge is 0.469 e. The van der Waals surface area contributed by atoms with E-state index in [1.165, 1.54) is 18.2 Å². The van der Waals surface area contributed by atoms with E-state index in [4.69, 9.17) is 4.74 Å². The van der Waals surface area contributed by atoms with E-state index in [2.05, 4.69) is 77.4 Å². The molecule has 1 aliphatic heterocycles. The predicted molar refractivity (Wildman–Crippen MR) is 108 cm³/mol. The van der Waals surface area contributed by atoms with Gasteiger partial charge >= 0.3 is 5.97 Å². The molecule has 0 amide bonds. The Hall–Kier alpha value is -2.17. The highest BCUT2D eigenvalue weighted by molar-refractivity contribution is 5.69. The van der Waals surface area contributed by atoms with Crippen LogP contribution in [0.1, 0.15) is 36.9 Å². The minimum absolute atomic E-state index is 0.120. The lowest BCUT2D eigenvalue weighted by atomic mass is 9.98. The zero-order valence-electron chi connectivity index (χ0n) is 16.4. The number of esters is 1. The number of hydrogen-bond acceptors (Lipinski definition) is 4. The Labute approximate surface area is 162 Å². The average molecular weight is 367 g/mol. The lowest BCUT2D eigenvalue weighted by molar-refractivity contribution is -0.140. The van der Waals surface area contributed by atoms with Crippen molar-refractivity contribution in [3.63, 3.8) is 0 Å². The molecule has 0 aromatic heterocycles. The van der Waals surface area contributed by atoms with Crippen LogP contribution in [0.25, 0.3) is 0 Å². The Balaban J connectivity index is 1.71. The molecule has 0 radical (unpaired) electrons. The van der Waals surface area contributed by atoms with Crippen LogP contribution in [0.15, 0.2) is 60.7 Å². The van der Waals surface area contributed by atoms with Gasteiger partial charge in [0.1, 0.15) is 0 Å². The van der Waals surface area contributed by atoms with Crippen LogP contribution in [0.5, 0.6) is 0 Å². The van der Waals surface area contributed by atoms with Crippen molar-refractivity contribution >= 4 is 5.97 Å². The summed E-state index contributed by atoms with van der Waals surface area (Å²) in [5.74, 6) is -0.120. The van der Waals surface area contributed by atoms with Gasteiger partial charge in [-0.15, -0.1) is 0 Å². The number of hydrogen-bond donors (Lipinski definition) is 0. The van der Waals surface area contributed by atoms with E-state index in [0.29, 0.717) is 18.5 Å². The number of carbonyl (C=O) groups is 1. The molecular formula is C23H30N2O2. The maximum atomic E-state index is 11.4. The second-order valence-corrected chi connectivity index (χ2v) is 7.37. The molecule has 0 saturated carbocycles. The number of nitrogens with zero attached hydrogens (tertiary/aromatic N) is 2. The molecule has 0 spiro atoms. The summed E-state index contributed by atoms with van der Waals surface area (Å²) < 4.78 is 4.77. The van der Waals surface area contributed by atoms with Crippen LogP contribution in [0.4, 0.5) is 0 Å². The molecule has 1 heterocycles. The average Bonchev–Trinajstić information content (AvgIpc) is 2.71. The van der Waals surface area contributed by atoms with Crippen molar-refractivity contribution in [3.05, 3.63) is 71.8 Å². The Morgan fingerprint density at radius 2 is 1.67 bits per heavy atom. The predicted octanol–water partition coefficient (Wildman–Crippen LogP) is 3.89. The van der Waals surface area contributed by atoms with E-state index in [1.54, 1.807) is 0 Å². The third kappa shape index (κ3) is 5.41. The molecule has 2 aromatic rings. The van der Waals surface area contributed by atoms with Gasteiger partial charge in [-0.3, -0.25) is 14.6 Å². The summed E-state index contributed by atoms with van der Waals surface area (Å²) in [6.45, 7) is 6.18. The Kier molecular flexibility index (Phi) is 7.02. The summed E-state index contributed by atoms with van der Waals surface area (Å²) in [5.41, 5.74) is 2.71. The molecule has 0 aliphatic carbocycles. The van der Waals surface area contributed by atoms with Crippen LogP contribution in [-0.4, -0.2) is 48.6 Å². The molecule has 2 atom stereocenters. The van der Waals surface area contributed by atoms with Crippen molar-refractivity contribution in [2.75, 3.05) is 26.7 Å². The van der Waals surface area contributed by atoms with E-state index in [1.807, 2.05) is 0 Å². The maximum Gasteiger partial charge on any atom is 0.305 e. The van der Waals surface area contributed by atoms with Gasteiger partial charge in [0.05, 0.1) is 7.11 Å². The fourth-order valence-electron chi connectivity index (χ4n) is 3.92. The van der Waals surface area contributed by atoms with Crippen LogP contribution in [0.3, 0.4) is 0 Å². The van der Waals surface area contributed by atoms with Gasteiger partial charge in [0.25, 0.3) is 0 Å². The van der Waals surface area contributed by atoms with E-state index in [0.717, 1.165) is 32.6 Å². The van der Waals surface area contributed by atoms with Crippen molar-refractivity contribution < 1.29 is 9.53 Å². The van der Waals surface area contributed by atoms with Gasteiger partial charge in [0.15, 0.2) is 0 Å². The molecular weight excluding hydrogens is 336 g/mol. The number of piperazine rings is 1. The zero-order chi connectivity index (χ0) is 19.1. The van der Waals surface area contributed by atoms with E-state index < -0.39 is 0 Å². The van der Waals surface area contributed by atoms with E-state index >= 15 is 0 Å². The number of ether oxygens (including phenoxy) is 1. The number of carbonyl (C=O) groups excluding carboxylic acids is 1. The van der Waals surface area contributed by atoms with Crippen molar-refractivity contribution in [3.8, 4) is 0 Å². The first-order valence-electron chi connectivity index (χ1n) is 9.81. The van der Waals surface area contributed by atoms with Crippen molar-refractivity contribution in [1.29, 1.82) is 0 Å². The van der Waals surface area contributed by atoms with E-state index in [9.17, 15) is 4.79 Å². The minimum atomic E-state index is -0.120. The number of benzene rings is 2. The molecule has 4 heteroatoms. The van der Waals surface area contributed by atoms with Gasteiger partial charge in [0.2, 0.25) is 0 Å². The number of methoxy groups -OCH3 is 1. The quantitative estimate of drug-likeness (QED) is 0.696. The van der Waals surface area contributed by atoms with Crippen LogP contribution < -0.4 is 0 Å². The lowest BCUT2D eigenvalue weighted by Gasteiger charge is -2.45. The van der Waals surface area contributed by atoms with Gasteiger partial charge in [0, 0.05) is 38.1 Å². The Bertz CT molecular complexity index is 705. The highest BCUT2D eigenvalue weighted by Crippen LogP contribution is 2.29. The molecule has 2 aromatic carbocycles. The van der Waals surface area contributed by atoms with Crippen molar-refractivity contribution in [1.82, 2.24) is 9.80 Å². The first-order chi connectivity index (χ1) is 13.2. The summed E-state index contributed by atoms with van der Waals surface area (Å²) in [6, 6.07) is 22.3. The highest BCUT2D eigenvalue weighted by atomic mass is 16.5. The molecule has 3 rings (SSSR count). The molecule has 1 fully saturated rings. The molecule has 4 nitrogen and oxygen atoms in total. The minimum Gasteiger partial charge on any atom is -0.469 e. The molecule has 1 aliphatic rings. The normalized spacial score (nSPS) is 21.1. The van der Waals surface area contributed by atoms with Crippen LogP contribution >= 0.6 is 0 Å². The molecule has 1 saturated heterocycles. The standard InChI is InChI=1S/C23H30N2O2/c1-19-16-25(17-20-10-5-3-6-11-20)22(21-12-7-4-8-13-21)18-24(19)15-9-14-23(26)27-2/h3-8,10-13,19,22H,9,14-18H2,1-2H3/t19-,22-/m1/s1. The van der Waals surface area contributed by atoms with Gasteiger partial charge in [-0.1, -0.05) is 60.7 Å². The van der Waals surface area contributed by atoms with Gasteiger partial charge < -0.3 is 4.74 Å². The monoisotopic (exact) mass is 366 g/mol. The summed E-state index contributed by atoms with van der Waals surface area (Å²) in [4.78, 5) is 16.5. The van der Waals surface area contributed by atoms with Gasteiger partial charge in [-0.05, 0) is 31.0 Å².